The largest absolute Gasteiger partial charge is 0.332 e. The molecule has 1 aliphatic carbocycles. The fraction of sp³-hybridized carbons (Fsp3) is 0.0909. The lowest BCUT2D eigenvalue weighted by Gasteiger charge is -2.12. The van der Waals surface area contributed by atoms with Gasteiger partial charge in [0.15, 0.2) is 5.11 Å². The third-order valence-corrected chi connectivity index (χ3v) is 4.79. The summed E-state index contributed by atoms with van der Waals surface area (Å²) in [5, 5.41) is 8.62. The number of aryl methyl sites for hydroxylation is 2. The maximum Gasteiger partial charge on any atom is 0.250 e. The van der Waals surface area contributed by atoms with Crippen molar-refractivity contribution in [1.29, 1.82) is 0 Å². The molecule has 0 aromatic heterocycles. The van der Waals surface area contributed by atoms with Crippen molar-refractivity contribution in [1.82, 2.24) is 5.32 Å². The van der Waals surface area contributed by atoms with Crippen LogP contribution in [0.5, 0.6) is 0 Å². The predicted molar refractivity (Wildman–Crippen MR) is 111 cm³/mol. The Hall–Kier alpha value is -2.98. The zero-order valence-electron chi connectivity index (χ0n) is 14.2. The Morgan fingerprint density at radius 2 is 1.69 bits per heavy atom. The van der Waals surface area contributed by atoms with Crippen molar-refractivity contribution in [3.63, 3.8) is 0 Å². The third-order valence-electron chi connectivity index (χ3n) is 4.59. The van der Waals surface area contributed by atoms with Gasteiger partial charge in [-0.15, -0.1) is 0 Å². The number of thiocarbonyl (C=S) groups is 1. The summed E-state index contributed by atoms with van der Waals surface area (Å²) in [5.74, 6) is -0.253. The van der Waals surface area contributed by atoms with Crippen molar-refractivity contribution >= 4 is 45.8 Å². The van der Waals surface area contributed by atoms with Crippen molar-refractivity contribution in [3.05, 3.63) is 83.4 Å². The second-order valence-electron chi connectivity index (χ2n) is 6.30. The minimum atomic E-state index is -0.253. The highest BCUT2D eigenvalue weighted by Crippen LogP contribution is 2.34. The number of hydrogen-bond acceptors (Lipinski definition) is 2. The molecule has 4 heteroatoms. The van der Waals surface area contributed by atoms with Crippen molar-refractivity contribution in [3.8, 4) is 0 Å². The van der Waals surface area contributed by atoms with Crippen LogP contribution >= 0.6 is 12.2 Å². The topological polar surface area (TPSA) is 41.1 Å². The van der Waals surface area contributed by atoms with Crippen molar-refractivity contribution in [2.45, 2.75) is 12.8 Å². The summed E-state index contributed by atoms with van der Waals surface area (Å²) in [6.07, 6.45) is 5.41. The Kier molecular flexibility index (Phi) is 4.50. The molecule has 0 saturated carbocycles. The molecule has 0 bridgehead atoms. The molecule has 3 nitrogen and oxygen atoms in total. The maximum absolute atomic E-state index is 12.1. The van der Waals surface area contributed by atoms with E-state index in [2.05, 4.69) is 34.9 Å². The maximum atomic E-state index is 12.1. The van der Waals surface area contributed by atoms with E-state index in [1.165, 1.54) is 22.6 Å². The number of rotatable bonds is 3. The molecule has 0 unspecified atom stereocenters. The molecule has 1 aliphatic rings. The monoisotopic (exact) mass is 358 g/mol. The first kappa shape index (κ1) is 16.5. The molecule has 26 heavy (non-hydrogen) atoms. The van der Waals surface area contributed by atoms with Crippen LogP contribution < -0.4 is 10.6 Å². The average Bonchev–Trinajstić information content (AvgIpc) is 3.08. The van der Waals surface area contributed by atoms with Gasteiger partial charge in [-0.05, 0) is 59.3 Å². The number of nitrogens with one attached hydrogen (secondary N) is 2. The minimum absolute atomic E-state index is 0.253. The van der Waals surface area contributed by atoms with Crippen molar-refractivity contribution in [2.75, 3.05) is 5.32 Å². The van der Waals surface area contributed by atoms with E-state index in [4.69, 9.17) is 12.2 Å². The van der Waals surface area contributed by atoms with Crippen LogP contribution in [-0.2, 0) is 17.6 Å². The average molecular weight is 358 g/mol. The lowest BCUT2D eigenvalue weighted by molar-refractivity contribution is -0.115. The van der Waals surface area contributed by atoms with E-state index in [9.17, 15) is 4.79 Å². The molecular formula is C22H18N2OS. The van der Waals surface area contributed by atoms with Crippen LogP contribution in [0.25, 0.3) is 16.8 Å². The zero-order valence-corrected chi connectivity index (χ0v) is 15.0. The summed E-state index contributed by atoms with van der Waals surface area (Å²) in [6, 6.07) is 20.2. The van der Waals surface area contributed by atoms with E-state index in [0.29, 0.717) is 5.11 Å². The van der Waals surface area contributed by atoms with Gasteiger partial charge in [0.1, 0.15) is 0 Å². The van der Waals surface area contributed by atoms with Crippen LogP contribution in [0.4, 0.5) is 5.69 Å². The van der Waals surface area contributed by atoms with Gasteiger partial charge in [-0.25, -0.2) is 0 Å². The van der Waals surface area contributed by atoms with Crippen molar-refractivity contribution < 1.29 is 4.79 Å². The van der Waals surface area contributed by atoms with Gasteiger partial charge in [0.2, 0.25) is 5.91 Å². The SMILES string of the molecule is O=C(C=Cc1ccccc1)NC(=S)Nc1ccc2c3c(cccc13)CC2. The number of carbonyl (C=O) groups is 1. The Morgan fingerprint density at radius 3 is 2.50 bits per heavy atom. The van der Waals surface area contributed by atoms with E-state index in [1.807, 2.05) is 36.4 Å². The molecule has 0 fully saturated rings. The standard InChI is InChI=1S/C22H18N2OS/c25-20(14-9-15-5-2-1-3-6-15)24-22(26)23-19-13-12-17-11-10-16-7-4-8-18(19)21(16)17/h1-9,12-14H,10-11H2,(H2,23,24,25,26). The molecule has 0 atom stereocenters. The Labute approximate surface area is 157 Å². The molecule has 3 aromatic rings. The number of anilines is 1. The summed E-state index contributed by atoms with van der Waals surface area (Å²) >= 11 is 5.31. The molecule has 3 aromatic carbocycles. The number of benzene rings is 3. The van der Waals surface area contributed by atoms with E-state index in [1.54, 1.807) is 6.08 Å². The van der Waals surface area contributed by atoms with Crippen LogP contribution in [0.3, 0.4) is 0 Å². The Morgan fingerprint density at radius 1 is 0.923 bits per heavy atom. The highest BCUT2D eigenvalue weighted by molar-refractivity contribution is 7.80. The van der Waals surface area contributed by atoms with Crippen LogP contribution in [0, 0.1) is 0 Å². The first-order chi connectivity index (χ1) is 12.7. The van der Waals surface area contributed by atoms with Gasteiger partial charge >= 0.3 is 0 Å². The normalized spacial score (nSPS) is 12.5. The highest BCUT2D eigenvalue weighted by atomic mass is 32.1. The molecule has 0 heterocycles. The minimum Gasteiger partial charge on any atom is -0.332 e. The number of hydrogen-bond donors (Lipinski definition) is 2. The first-order valence-electron chi connectivity index (χ1n) is 8.59. The van der Waals surface area contributed by atoms with Gasteiger partial charge in [-0.1, -0.05) is 54.6 Å². The van der Waals surface area contributed by atoms with E-state index >= 15 is 0 Å². The van der Waals surface area contributed by atoms with Gasteiger partial charge in [-0.2, -0.15) is 0 Å². The molecular weight excluding hydrogens is 340 g/mol. The molecule has 4 rings (SSSR count). The van der Waals surface area contributed by atoms with Crippen LogP contribution in [-0.4, -0.2) is 11.0 Å². The molecule has 2 N–H and O–H groups in total. The summed E-state index contributed by atoms with van der Waals surface area (Å²) in [4.78, 5) is 12.1. The van der Waals surface area contributed by atoms with Crippen LogP contribution in [0.2, 0.25) is 0 Å². The third kappa shape index (κ3) is 3.37. The Balaban J connectivity index is 1.47. The second kappa shape index (κ2) is 7.10. The smallest absolute Gasteiger partial charge is 0.250 e. The molecule has 1 amide bonds. The van der Waals surface area contributed by atoms with Crippen molar-refractivity contribution in [2.24, 2.45) is 0 Å². The predicted octanol–water partition coefficient (Wildman–Crippen LogP) is 4.46. The quantitative estimate of drug-likeness (QED) is 0.536. The van der Waals surface area contributed by atoms with Gasteiger partial charge in [-0.3, -0.25) is 10.1 Å². The highest BCUT2D eigenvalue weighted by Gasteiger charge is 2.16. The summed E-state index contributed by atoms with van der Waals surface area (Å²) in [5.41, 5.74) is 4.64. The van der Waals surface area contributed by atoms with Gasteiger partial charge in [0.05, 0.1) is 0 Å². The van der Waals surface area contributed by atoms with Crippen LogP contribution in [0.1, 0.15) is 16.7 Å². The van der Waals surface area contributed by atoms with E-state index in [0.717, 1.165) is 29.5 Å². The van der Waals surface area contributed by atoms with E-state index < -0.39 is 0 Å². The molecule has 0 spiro atoms. The molecule has 128 valence electrons. The van der Waals surface area contributed by atoms with Gasteiger partial charge in [0.25, 0.3) is 0 Å². The zero-order chi connectivity index (χ0) is 17.9. The van der Waals surface area contributed by atoms with Gasteiger partial charge < -0.3 is 5.32 Å². The summed E-state index contributed by atoms with van der Waals surface area (Å²) < 4.78 is 0. The first-order valence-corrected chi connectivity index (χ1v) is 9.00. The van der Waals surface area contributed by atoms with Crippen LogP contribution in [0.15, 0.2) is 66.7 Å². The summed E-state index contributed by atoms with van der Waals surface area (Å²) in [6.45, 7) is 0. The molecule has 0 radical (unpaired) electrons. The summed E-state index contributed by atoms with van der Waals surface area (Å²) in [7, 11) is 0. The fourth-order valence-electron chi connectivity index (χ4n) is 3.40. The fourth-order valence-corrected chi connectivity index (χ4v) is 3.61. The second-order valence-corrected chi connectivity index (χ2v) is 6.71. The van der Waals surface area contributed by atoms with Gasteiger partial charge in [0, 0.05) is 17.1 Å². The number of carbonyl (C=O) groups excluding carboxylic acids is 1. The lowest BCUT2D eigenvalue weighted by Crippen LogP contribution is -2.32. The lowest BCUT2D eigenvalue weighted by atomic mass is 10.0. The van der Waals surface area contributed by atoms with E-state index in [-0.39, 0.29) is 5.91 Å². The number of amides is 1. The Bertz CT molecular complexity index is 1010. The molecule has 0 saturated heterocycles. The molecule has 0 aliphatic heterocycles.